The molecule has 3 heterocycles. The Hall–Kier alpha value is -3.62. The highest BCUT2D eigenvalue weighted by molar-refractivity contribution is 5.76. The van der Waals surface area contributed by atoms with Crippen molar-refractivity contribution in [3.8, 4) is 11.3 Å². The number of carbonyl (C=O) groups is 1. The van der Waals surface area contributed by atoms with Gasteiger partial charge in [-0.3, -0.25) is 14.2 Å². The number of aromatic nitrogens is 4. The second kappa shape index (κ2) is 9.25. The molecular weight excluding hydrogens is 411 g/mol. The van der Waals surface area contributed by atoms with Crippen LogP contribution in [0.3, 0.4) is 0 Å². The van der Waals surface area contributed by atoms with Crippen LogP contribution in [0.5, 0.6) is 0 Å². The molecule has 1 saturated heterocycles. The Labute approximate surface area is 185 Å². The van der Waals surface area contributed by atoms with E-state index in [0.29, 0.717) is 31.9 Å². The molecule has 0 atom stereocenters. The van der Waals surface area contributed by atoms with Gasteiger partial charge in [0.25, 0.3) is 5.56 Å². The van der Waals surface area contributed by atoms with E-state index >= 15 is 0 Å². The maximum Gasteiger partial charge on any atom is 0.254 e. The summed E-state index contributed by atoms with van der Waals surface area (Å²) in [6.07, 6.45) is 2.94. The highest BCUT2D eigenvalue weighted by atomic mass is 19.1. The van der Waals surface area contributed by atoms with Crippen molar-refractivity contribution in [2.45, 2.75) is 26.3 Å². The zero-order chi connectivity index (χ0) is 22.7. The predicted molar refractivity (Wildman–Crippen MR) is 119 cm³/mol. The summed E-state index contributed by atoms with van der Waals surface area (Å²) in [6.45, 7) is 6.21. The van der Waals surface area contributed by atoms with Crippen molar-refractivity contribution in [3.63, 3.8) is 0 Å². The Morgan fingerprint density at radius 1 is 1.03 bits per heavy atom. The minimum atomic E-state index is -0.294. The molecule has 0 N–H and O–H groups in total. The van der Waals surface area contributed by atoms with Gasteiger partial charge in [0.2, 0.25) is 5.91 Å². The Morgan fingerprint density at radius 2 is 1.75 bits per heavy atom. The van der Waals surface area contributed by atoms with Gasteiger partial charge in [-0.15, -0.1) is 0 Å². The zero-order valence-electron chi connectivity index (χ0n) is 18.1. The van der Waals surface area contributed by atoms with Gasteiger partial charge in [-0.1, -0.05) is 13.8 Å². The average Bonchev–Trinajstić information content (AvgIpc) is 2.81. The van der Waals surface area contributed by atoms with Gasteiger partial charge >= 0.3 is 0 Å². The fraction of sp³-hybridized carbons (Fsp3) is 0.348. The average molecular weight is 436 g/mol. The molecule has 1 amide bonds. The molecular formula is C23H25FN6O2. The highest BCUT2D eigenvalue weighted by Gasteiger charge is 2.23. The number of rotatable bonds is 5. The molecule has 1 fully saturated rings. The summed E-state index contributed by atoms with van der Waals surface area (Å²) >= 11 is 0. The fourth-order valence-electron chi connectivity index (χ4n) is 3.60. The summed E-state index contributed by atoms with van der Waals surface area (Å²) in [4.78, 5) is 41.8. The first kappa shape index (κ1) is 21.6. The van der Waals surface area contributed by atoms with E-state index in [2.05, 4.69) is 19.9 Å². The number of amides is 1. The minimum absolute atomic E-state index is 0.0214. The lowest BCUT2D eigenvalue weighted by atomic mass is 10.1. The van der Waals surface area contributed by atoms with E-state index in [1.165, 1.54) is 35.4 Å². The van der Waals surface area contributed by atoms with Gasteiger partial charge in [0.05, 0.1) is 17.7 Å². The van der Waals surface area contributed by atoms with Gasteiger partial charge in [-0.2, -0.15) is 0 Å². The van der Waals surface area contributed by atoms with Crippen LogP contribution in [-0.4, -0.2) is 56.5 Å². The third kappa shape index (κ3) is 4.82. The van der Waals surface area contributed by atoms with Crippen LogP contribution in [0.15, 0.2) is 53.8 Å². The first-order valence-corrected chi connectivity index (χ1v) is 10.6. The van der Waals surface area contributed by atoms with Gasteiger partial charge < -0.3 is 9.80 Å². The number of hydrogen-bond acceptors (Lipinski definition) is 6. The molecule has 0 saturated carbocycles. The van der Waals surface area contributed by atoms with E-state index < -0.39 is 0 Å². The first-order valence-electron chi connectivity index (χ1n) is 10.6. The van der Waals surface area contributed by atoms with E-state index in [4.69, 9.17) is 0 Å². The Bertz CT molecular complexity index is 1150. The largest absolute Gasteiger partial charge is 0.353 e. The topological polar surface area (TPSA) is 84.2 Å². The standard InChI is InChI=1S/C23H25FN6O2/c1-16(2)19-12-22(31)30(15-27-19)13-23(32)29-9-7-28(8-10-29)21-11-20(25-14-26-21)17-3-5-18(24)6-4-17/h3-6,11-12,14-16H,7-10,13H2,1-2H3. The number of benzene rings is 1. The van der Waals surface area contributed by atoms with E-state index in [9.17, 15) is 14.0 Å². The van der Waals surface area contributed by atoms with Gasteiger partial charge in [-0.25, -0.2) is 19.3 Å². The van der Waals surface area contributed by atoms with Crippen molar-refractivity contribution in [2.24, 2.45) is 0 Å². The van der Waals surface area contributed by atoms with Crippen molar-refractivity contribution < 1.29 is 9.18 Å². The third-order valence-corrected chi connectivity index (χ3v) is 5.55. The lowest BCUT2D eigenvalue weighted by molar-refractivity contribution is -0.132. The SMILES string of the molecule is CC(C)c1cc(=O)n(CC(=O)N2CCN(c3cc(-c4ccc(F)cc4)ncn3)CC2)cn1. The van der Waals surface area contributed by atoms with Crippen LogP contribution in [0.25, 0.3) is 11.3 Å². The number of anilines is 1. The summed E-state index contributed by atoms with van der Waals surface area (Å²) in [6, 6.07) is 9.53. The molecule has 0 spiro atoms. The second-order valence-corrected chi connectivity index (χ2v) is 8.07. The first-order chi connectivity index (χ1) is 15.4. The quantitative estimate of drug-likeness (QED) is 0.610. The molecule has 2 aromatic heterocycles. The van der Waals surface area contributed by atoms with Crippen LogP contribution in [0.4, 0.5) is 10.2 Å². The molecule has 0 bridgehead atoms. The molecule has 1 aliphatic rings. The van der Waals surface area contributed by atoms with E-state index in [1.807, 2.05) is 19.9 Å². The van der Waals surface area contributed by atoms with Crippen LogP contribution < -0.4 is 10.5 Å². The molecule has 8 nitrogen and oxygen atoms in total. The van der Waals surface area contributed by atoms with E-state index in [1.54, 1.807) is 17.0 Å². The molecule has 166 valence electrons. The molecule has 0 aliphatic carbocycles. The maximum absolute atomic E-state index is 13.2. The van der Waals surface area contributed by atoms with Crippen molar-refractivity contribution >= 4 is 11.7 Å². The Balaban J connectivity index is 1.38. The Morgan fingerprint density at radius 3 is 2.41 bits per heavy atom. The van der Waals surface area contributed by atoms with Crippen molar-refractivity contribution in [2.75, 3.05) is 31.1 Å². The molecule has 3 aromatic rings. The van der Waals surface area contributed by atoms with Gasteiger partial charge in [0, 0.05) is 43.9 Å². The third-order valence-electron chi connectivity index (χ3n) is 5.55. The normalized spacial score (nSPS) is 14.1. The maximum atomic E-state index is 13.2. The summed E-state index contributed by atoms with van der Waals surface area (Å²) < 4.78 is 14.5. The summed E-state index contributed by atoms with van der Waals surface area (Å²) in [5, 5.41) is 0. The number of carbonyl (C=O) groups excluding carboxylic acids is 1. The number of halogens is 1. The molecule has 1 aliphatic heterocycles. The minimum Gasteiger partial charge on any atom is -0.353 e. The second-order valence-electron chi connectivity index (χ2n) is 8.07. The lowest BCUT2D eigenvalue weighted by Crippen LogP contribution is -2.50. The molecule has 9 heteroatoms. The zero-order valence-corrected chi connectivity index (χ0v) is 18.1. The molecule has 0 radical (unpaired) electrons. The van der Waals surface area contributed by atoms with Gasteiger partial charge in [-0.05, 0) is 30.2 Å². The number of piperazine rings is 1. The van der Waals surface area contributed by atoms with Gasteiger partial charge in [0.15, 0.2) is 0 Å². The van der Waals surface area contributed by atoms with Gasteiger partial charge in [0.1, 0.15) is 24.5 Å². The monoisotopic (exact) mass is 436 g/mol. The van der Waals surface area contributed by atoms with E-state index in [-0.39, 0.29) is 29.7 Å². The molecule has 0 unspecified atom stereocenters. The van der Waals surface area contributed by atoms with Crippen LogP contribution >= 0.6 is 0 Å². The van der Waals surface area contributed by atoms with Crippen molar-refractivity contribution in [3.05, 3.63) is 70.9 Å². The smallest absolute Gasteiger partial charge is 0.254 e. The van der Waals surface area contributed by atoms with Crippen molar-refractivity contribution in [1.82, 2.24) is 24.4 Å². The summed E-state index contributed by atoms with van der Waals surface area (Å²) in [5.74, 6) is 0.515. The van der Waals surface area contributed by atoms with E-state index in [0.717, 1.165) is 17.1 Å². The summed E-state index contributed by atoms with van der Waals surface area (Å²) in [5.41, 5.74) is 2.03. The molecule has 4 rings (SSSR count). The highest BCUT2D eigenvalue weighted by Crippen LogP contribution is 2.22. The van der Waals surface area contributed by atoms with Crippen LogP contribution in [0, 0.1) is 5.82 Å². The molecule has 32 heavy (non-hydrogen) atoms. The fourth-order valence-corrected chi connectivity index (χ4v) is 3.60. The molecule has 1 aromatic carbocycles. The van der Waals surface area contributed by atoms with Crippen LogP contribution in [0.2, 0.25) is 0 Å². The van der Waals surface area contributed by atoms with Crippen LogP contribution in [-0.2, 0) is 11.3 Å². The summed E-state index contributed by atoms with van der Waals surface area (Å²) in [7, 11) is 0. The Kier molecular flexibility index (Phi) is 6.25. The lowest BCUT2D eigenvalue weighted by Gasteiger charge is -2.35. The number of nitrogens with zero attached hydrogens (tertiary/aromatic N) is 6. The van der Waals surface area contributed by atoms with Crippen molar-refractivity contribution in [1.29, 1.82) is 0 Å². The predicted octanol–water partition coefficient (Wildman–Crippen LogP) is 2.31. The number of hydrogen-bond donors (Lipinski definition) is 0. The van der Waals surface area contributed by atoms with Crippen LogP contribution in [0.1, 0.15) is 25.5 Å².